The van der Waals surface area contributed by atoms with E-state index in [1.54, 1.807) is 0 Å². The molecule has 3 heteroatoms. The number of unbranched alkanes of at least 4 members (excludes halogenated alkanes) is 1. The fourth-order valence-corrected chi connectivity index (χ4v) is 2.65. The van der Waals surface area contributed by atoms with E-state index in [9.17, 15) is 0 Å². The SMILES string of the molecule is CCCCOCCC(CCl)(CCl)CC(C)C. The topological polar surface area (TPSA) is 9.23 Å². The average molecular weight is 269 g/mol. The Morgan fingerprint density at radius 2 is 1.75 bits per heavy atom. The molecule has 0 unspecified atom stereocenters. The zero-order valence-electron chi connectivity index (χ0n) is 10.9. The summed E-state index contributed by atoms with van der Waals surface area (Å²) in [6, 6.07) is 0. The van der Waals surface area contributed by atoms with E-state index >= 15 is 0 Å². The summed E-state index contributed by atoms with van der Waals surface area (Å²) in [5.74, 6) is 1.89. The zero-order valence-corrected chi connectivity index (χ0v) is 12.4. The van der Waals surface area contributed by atoms with Crippen LogP contribution < -0.4 is 0 Å². The van der Waals surface area contributed by atoms with E-state index in [2.05, 4.69) is 20.8 Å². The second kappa shape index (κ2) is 9.56. The minimum atomic E-state index is 0.0590. The molecule has 1 nitrogen and oxygen atoms in total. The highest BCUT2D eigenvalue weighted by Gasteiger charge is 2.29. The lowest BCUT2D eigenvalue weighted by molar-refractivity contribution is 0.0970. The molecule has 0 saturated carbocycles. The van der Waals surface area contributed by atoms with Gasteiger partial charge in [0.05, 0.1) is 0 Å². The predicted molar refractivity (Wildman–Crippen MR) is 73.7 cm³/mol. The van der Waals surface area contributed by atoms with E-state index in [0.29, 0.717) is 17.7 Å². The van der Waals surface area contributed by atoms with Crippen LogP contribution in [0.1, 0.15) is 46.5 Å². The first-order valence-electron chi connectivity index (χ1n) is 6.30. The van der Waals surface area contributed by atoms with Gasteiger partial charge in [0.15, 0.2) is 0 Å². The van der Waals surface area contributed by atoms with Crippen LogP contribution in [0.15, 0.2) is 0 Å². The monoisotopic (exact) mass is 268 g/mol. The van der Waals surface area contributed by atoms with Gasteiger partial charge in [0, 0.05) is 25.0 Å². The van der Waals surface area contributed by atoms with E-state index in [1.807, 2.05) is 0 Å². The van der Waals surface area contributed by atoms with Crippen LogP contribution in [0.5, 0.6) is 0 Å². The van der Waals surface area contributed by atoms with Crippen molar-refractivity contribution in [3.05, 3.63) is 0 Å². The van der Waals surface area contributed by atoms with E-state index in [1.165, 1.54) is 6.42 Å². The van der Waals surface area contributed by atoms with Crippen LogP contribution in [0.25, 0.3) is 0 Å². The van der Waals surface area contributed by atoms with Gasteiger partial charge in [0.1, 0.15) is 0 Å². The summed E-state index contributed by atoms with van der Waals surface area (Å²) in [7, 11) is 0. The summed E-state index contributed by atoms with van der Waals surface area (Å²) in [5.41, 5.74) is 0.0590. The number of alkyl halides is 2. The summed E-state index contributed by atoms with van der Waals surface area (Å²) in [5, 5.41) is 0. The molecule has 0 fully saturated rings. The van der Waals surface area contributed by atoms with Crippen LogP contribution in [0.3, 0.4) is 0 Å². The highest BCUT2D eigenvalue weighted by Crippen LogP contribution is 2.33. The normalized spacial score (nSPS) is 12.4. The number of hydrogen-bond donors (Lipinski definition) is 0. The molecular weight excluding hydrogens is 243 g/mol. The van der Waals surface area contributed by atoms with Crippen LogP contribution in [-0.4, -0.2) is 25.0 Å². The van der Waals surface area contributed by atoms with Gasteiger partial charge in [-0.3, -0.25) is 0 Å². The van der Waals surface area contributed by atoms with Crippen molar-refractivity contribution < 1.29 is 4.74 Å². The lowest BCUT2D eigenvalue weighted by Gasteiger charge is -2.31. The second-order valence-electron chi connectivity index (χ2n) is 5.08. The van der Waals surface area contributed by atoms with Crippen molar-refractivity contribution in [2.75, 3.05) is 25.0 Å². The van der Waals surface area contributed by atoms with Gasteiger partial charge in [-0.1, -0.05) is 27.2 Å². The first-order valence-corrected chi connectivity index (χ1v) is 7.37. The first-order chi connectivity index (χ1) is 7.60. The van der Waals surface area contributed by atoms with E-state index in [-0.39, 0.29) is 5.41 Å². The fraction of sp³-hybridized carbons (Fsp3) is 1.00. The van der Waals surface area contributed by atoms with Crippen LogP contribution >= 0.6 is 23.2 Å². The molecule has 16 heavy (non-hydrogen) atoms. The molecule has 0 aliphatic carbocycles. The molecule has 0 N–H and O–H groups in total. The van der Waals surface area contributed by atoms with Crippen molar-refractivity contribution in [3.63, 3.8) is 0 Å². The smallest absolute Gasteiger partial charge is 0.0472 e. The van der Waals surface area contributed by atoms with Gasteiger partial charge >= 0.3 is 0 Å². The molecule has 0 aliphatic heterocycles. The largest absolute Gasteiger partial charge is 0.381 e. The molecule has 0 rings (SSSR count). The molecule has 0 bridgehead atoms. The van der Waals surface area contributed by atoms with Crippen molar-refractivity contribution in [2.24, 2.45) is 11.3 Å². The molecular formula is C13H26Cl2O. The maximum Gasteiger partial charge on any atom is 0.0472 e. The van der Waals surface area contributed by atoms with Gasteiger partial charge in [-0.2, -0.15) is 0 Å². The van der Waals surface area contributed by atoms with Crippen LogP contribution in [0, 0.1) is 11.3 Å². The Bertz CT molecular complexity index is 156. The van der Waals surface area contributed by atoms with Crippen molar-refractivity contribution >= 4 is 23.2 Å². The quantitative estimate of drug-likeness (QED) is 0.412. The van der Waals surface area contributed by atoms with Gasteiger partial charge in [0.25, 0.3) is 0 Å². The zero-order chi connectivity index (χ0) is 12.4. The molecule has 0 atom stereocenters. The summed E-state index contributed by atoms with van der Waals surface area (Å²) in [4.78, 5) is 0. The van der Waals surface area contributed by atoms with Gasteiger partial charge < -0.3 is 4.74 Å². The van der Waals surface area contributed by atoms with Crippen molar-refractivity contribution in [1.82, 2.24) is 0 Å². The molecule has 0 aromatic heterocycles. The molecule has 98 valence electrons. The van der Waals surface area contributed by atoms with Gasteiger partial charge in [0.2, 0.25) is 0 Å². The molecule has 0 aromatic rings. The summed E-state index contributed by atoms with van der Waals surface area (Å²) in [6.45, 7) is 8.24. The Balaban J connectivity index is 3.92. The highest BCUT2D eigenvalue weighted by atomic mass is 35.5. The third-order valence-electron chi connectivity index (χ3n) is 2.83. The van der Waals surface area contributed by atoms with Crippen LogP contribution in [0.2, 0.25) is 0 Å². The predicted octanol–water partition coefficient (Wildman–Crippen LogP) is 4.70. The summed E-state index contributed by atoms with van der Waals surface area (Å²) < 4.78 is 5.60. The van der Waals surface area contributed by atoms with Crippen LogP contribution in [0.4, 0.5) is 0 Å². The second-order valence-corrected chi connectivity index (χ2v) is 5.62. The maximum absolute atomic E-state index is 6.07. The number of halogens is 2. The third kappa shape index (κ3) is 6.98. The molecule has 0 saturated heterocycles. The minimum Gasteiger partial charge on any atom is -0.381 e. The molecule has 0 aliphatic rings. The lowest BCUT2D eigenvalue weighted by atomic mass is 9.81. The minimum absolute atomic E-state index is 0.0590. The number of hydrogen-bond acceptors (Lipinski definition) is 1. The first kappa shape index (κ1) is 16.5. The van der Waals surface area contributed by atoms with Crippen molar-refractivity contribution in [1.29, 1.82) is 0 Å². The standard InChI is InChI=1S/C13H26Cl2O/c1-4-5-7-16-8-6-13(10-14,11-15)9-12(2)3/h12H,4-11H2,1-3H3. The Morgan fingerprint density at radius 1 is 1.12 bits per heavy atom. The molecule has 0 radical (unpaired) electrons. The van der Waals surface area contributed by atoms with Gasteiger partial charge in [-0.05, 0) is 30.6 Å². The van der Waals surface area contributed by atoms with Gasteiger partial charge in [-0.15, -0.1) is 23.2 Å². The van der Waals surface area contributed by atoms with E-state index < -0.39 is 0 Å². The average Bonchev–Trinajstić information content (AvgIpc) is 2.26. The maximum atomic E-state index is 6.07. The van der Waals surface area contributed by atoms with E-state index in [0.717, 1.165) is 32.5 Å². The molecule has 0 amide bonds. The summed E-state index contributed by atoms with van der Waals surface area (Å²) >= 11 is 12.1. The highest BCUT2D eigenvalue weighted by molar-refractivity contribution is 6.21. The summed E-state index contributed by atoms with van der Waals surface area (Å²) in [6.07, 6.45) is 4.38. The van der Waals surface area contributed by atoms with E-state index in [4.69, 9.17) is 27.9 Å². The molecule has 0 heterocycles. The molecule has 0 spiro atoms. The number of ether oxygens (including phenoxy) is 1. The van der Waals surface area contributed by atoms with Crippen molar-refractivity contribution in [3.8, 4) is 0 Å². The molecule has 0 aromatic carbocycles. The van der Waals surface area contributed by atoms with Gasteiger partial charge in [-0.25, -0.2) is 0 Å². The fourth-order valence-electron chi connectivity index (χ4n) is 1.88. The number of rotatable bonds is 10. The van der Waals surface area contributed by atoms with Crippen molar-refractivity contribution in [2.45, 2.75) is 46.5 Å². The Morgan fingerprint density at radius 3 is 2.19 bits per heavy atom. The lowest BCUT2D eigenvalue weighted by Crippen LogP contribution is -2.29. The Hall–Kier alpha value is 0.540. The Kier molecular flexibility index (Phi) is 9.88. The third-order valence-corrected chi connectivity index (χ3v) is 3.96. The Labute approximate surface area is 111 Å². The van der Waals surface area contributed by atoms with Crippen LogP contribution in [-0.2, 0) is 4.74 Å².